The number of hydrogen-bond donors (Lipinski definition) is 1. The van der Waals surface area contributed by atoms with Crippen LogP contribution in [0.5, 0.6) is 0 Å². The molecule has 0 radical (unpaired) electrons. The highest BCUT2D eigenvalue weighted by Gasteiger charge is 2.10. The number of thiophene rings is 1. The van der Waals surface area contributed by atoms with Crippen LogP contribution in [-0.4, -0.2) is 0 Å². The second-order valence-corrected chi connectivity index (χ2v) is 6.36. The number of hydrogen-bond acceptors (Lipinski definition) is 2. The van der Waals surface area contributed by atoms with Gasteiger partial charge in [0.05, 0.1) is 0 Å². The highest BCUT2D eigenvalue weighted by atomic mass is 79.9. The lowest BCUT2D eigenvalue weighted by atomic mass is 10.1. The van der Waals surface area contributed by atoms with Gasteiger partial charge in [-0.1, -0.05) is 46.6 Å². The van der Waals surface area contributed by atoms with Crippen LogP contribution < -0.4 is 5.32 Å². The molecule has 0 fully saturated rings. The summed E-state index contributed by atoms with van der Waals surface area (Å²) in [5.74, 6) is 0. The fourth-order valence-corrected chi connectivity index (χ4v) is 3.54. The topological polar surface area (TPSA) is 12.0 Å². The maximum Gasteiger partial charge on any atom is 0.0417 e. The highest BCUT2D eigenvalue weighted by Crippen LogP contribution is 2.25. The van der Waals surface area contributed by atoms with Crippen molar-refractivity contribution in [1.82, 2.24) is 5.32 Å². The van der Waals surface area contributed by atoms with E-state index in [0.717, 1.165) is 22.5 Å². The molecule has 0 aliphatic heterocycles. The van der Waals surface area contributed by atoms with E-state index >= 15 is 0 Å². The second kappa shape index (κ2) is 6.71. The molecular weight excluding hydrogens is 330 g/mol. The van der Waals surface area contributed by atoms with Crippen molar-refractivity contribution in [3.05, 3.63) is 55.6 Å². The Kier molecular flexibility index (Phi) is 5.25. The number of rotatable bonds is 5. The van der Waals surface area contributed by atoms with Crippen LogP contribution in [0.15, 0.2) is 40.2 Å². The summed E-state index contributed by atoms with van der Waals surface area (Å²) in [4.78, 5) is 1.39. The third-order valence-electron chi connectivity index (χ3n) is 2.85. The van der Waals surface area contributed by atoms with Crippen molar-refractivity contribution in [3.63, 3.8) is 0 Å². The fraction of sp³-hybridized carbons (Fsp3) is 0.286. The first-order valence-electron chi connectivity index (χ1n) is 5.91. The van der Waals surface area contributed by atoms with Gasteiger partial charge in [0.25, 0.3) is 0 Å². The van der Waals surface area contributed by atoms with Crippen LogP contribution in [0.1, 0.15) is 29.8 Å². The van der Waals surface area contributed by atoms with Crippen molar-refractivity contribution in [1.29, 1.82) is 0 Å². The lowest BCUT2D eigenvalue weighted by Gasteiger charge is -2.16. The molecule has 96 valence electrons. The largest absolute Gasteiger partial charge is 0.305 e. The molecule has 0 spiro atoms. The average molecular weight is 345 g/mol. The summed E-state index contributed by atoms with van der Waals surface area (Å²) in [5.41, 5.74) is 1.23. The summed E-state index contributed by atoms with van der Waals surface area (Å²) >= 11 is 11.3. The van der Waals surface area contributed by atoms with E-state index in [0.29, 0.717) is 6.04 Å². The highest BCUT2D eigenvalue weighted by molar-refractivity contribution is 9.10. The van der Waals surface area contributed by atoms with Gasteiger partial charge in [-0.05, 0) is 35.6 Å². The van der Waals surface area contributed by atoms with Crippen molar-refractivity contribution in [3.8, 4) is 0 Å². The van der Waals surface area contributed by atoms with Crippen molar-refractivity contribution in [2.45, 2.75) is 25.9 Å². The Labute approximate surface area is 125 Å². The van der Waals surface area contributed by atoms with Crippen LogP contribution in [0.25, 0.3) is 0 Å². The van der Waals surface area contributed by atoms with Crippen LogP contribution >= 0.6 is 38.9 Å². The predicted molar refractivity (Wildman–Crippen MR) is 83.3 cm³/mol. The molecular formula is C14H15BrClNS. The molecule has 1 heterocycles. The van der Waals surface area contributed by atoms with Crippen molar-refractivity contribution in [2.75, 3.05) is 0 Å². The van der Waals surface area contributed by atoms with Gasteiger partial charge in [0.1, 0.15) is 0 Å². The Balaban J connectivity index is 2.02. The minimum Gasteiger partial charge on any atom is -0.305 e. The van der Waals surface area contributed by atoms with Gasteiger partial charge in [-0.2, -0.15) is 0 Å². The smallest absolute Gasteiger partial charge is 0.0417 e. The van der Waals surface area contributed by atoms with Gasteiger partial charge in [-0.25, -0.2) is 0 Å². The van der Waals surface area contributed by atoms with Gasteiger partial charge in [-0.3, -0.25) is 0 Å². The number of halogens is 2. The Bertz CT molecular complexity index is 499. The Morgan fingerprint density at radius 2 is 2.22 bits per heavy atom. The summed E-state index contributed by atoms with van der Waals surface area (Å²) < 4.78 is 1.06. The first kappa shape index (κ1) is 14.1. The van der Waals surface area contributed by atoms with E-state index in [9.17, 15) is 0 Å². The molecule has 1 aromatic carbocycles. The molecule has 1 aromatic heterocycles. The third-order valence-corrected chi connectivity index (χ3v) is 4.81. The molecule has 0 aliphatic rings. The van der Waals surface area contributed by atoms with E-state index in [1.54, 1.807) is 11.3 Å². The van der Waals surface area contributed by atoms with E-state index in [2.05, 4.69) is 51.7 Å². The molecule has 1 N–H and O–H groups in total. The zero-order chi connectivity index (χ0) is 13.0. The maximum atomic E-state index is 5.94. The van der Waals surface area contributed by atoms with Crippen molar-refractivity contribution >= 4 is 38.9 Å². The predicted octanol–water partition coefficient (Wildman–Crippen LogP) is 5.40. The van der Waals surface area contributed by atoms with E-state index in [-0.39, 0.29) is 0 Å². The molecule has 1 nitrogen and oxygen atoms in total. The van der Waals surface area contributed by atoms with E-state index < -0.39 is 0 Å². The molecule has 0 amide bonds. The van der Waals surface area contributed by atoms with Crippen LogP contribution in [0.2, 0.25) is 5.02 Å². The van der Waals surface area contributed by atoms with Crippen LogP contribution in [0.3, 0.4) is 0 Å². The molecule has 4 heteroatoms. The lowest BCUT2D eigenvalue weighted by molar-refractivity contribution is 0.526. The summed E-state index contributed by atoms with van der Waals surface area (Å²) in [6, 6.07) is 10.6. The minimum atomic E-state index is 0.424. The maximum absolute atomic E-state index is 5.94. The molecule has 1 unspecified atom stereocenters. The monoisotopic (exact) mass is 343 g/mol. The second-order valence-electron chi connectivity index (χ2n) is 4.09. The molecule has 18 heavy (non-hydrogen) atoms. The standard InChI is InChI=1S/C14H15BrClNS/c1-2-13(14-4-3-7-18-14)17-9-10-5-6-11(16)8-12(10)15/h3-8,13,17H,2,9H2,1H3. The number of nitrogens with one attached hydrogen (secondary N) is 1. The molecule has 0 saturated heterocycles. The molecule has 0 aliphatic carbocycles. The van der Waals surface area contributed by atoms with Crippen LogP contribution in [0, 0.1) is 0 Å². The van der Waals surface area contributed by atoms with Gasteiger partial charge in [-0.15, -0.1) is 11.3 Å². The lowest BCUT2D eigenvalue weighted by Crippen LogP contribution is -2.19. The molecule has 0 bridgehead atoms. The molecule has 0 saturated carbocycles. The van der Waals surface area contributed by atoms with E-state index in [1.807, 2.05) is 12.1 Å². The Morgan fingerprint density at radius 1 is 1.39 bits per heavy atom. The summed E-state index contributed by atoms with van der Waals surface area (Å²) in [5, 5.41) is 6.47. The minimum absolute atomic E-state index is 0.424. The number of benzene rings is 1. The molecule has 2 rings (SSSR count). The quantitative estimate of drug-likeness (QED) is 0.765. The van der Waals surface area contributed by atoms with E-state index in [1.165, 1.54) is 10.4 Å². The van der Waals surface area contributed by atoms with Crippen LogP contribution in [-0.2, 0) is 6.54 Å². The fourth-order valence-electron chi connectivity index (χ4n) is 1.83. The zero-order valence-electron chi connectivity index (χ0n) is 10.1. The van der Waals surface area contributed by atoms with Crippen molar-refractivity contribution < 1.29 is 0 Å². The molecule has 1 atom stereocenters. The SMILES string of the molecule is CCC(NCc1ccc(Cl)cc1Br)c1cccs1. The van der Waals surface area contributed by atoms with Gasteiger partial charge < -0.3 is 5.32 Å². The van der Waals surface area contributed by atoms with Gasteiger partial charge in [0.15, 0.2) is 0 Å². The molecule has 2 aromatic rings. The zero-order valence-corrected chi connectivity index (χ0v) is 13.3. The first-order chi connectivity index (χ1) is 8.70. The Morgan fingerprint density at radius 3 is 2.83 bits per heavy atom. The van der Waals surface area contributed by atoms with Gasteiger partial charge in [0.2, 0.25) is 0 Å². The summed E-state index contributed by atoms with van der Waals surface area (Å²) in [6.07, 6.45) is 1.09. The summed E-state index contributed by atoms with van der Waals surface area (Å²) in [6.45, 7) is 3.04. The Hall–Kier alpha value is -0.350. The normalized spacial score (nSPS) is 12.6. The van der Waals surface area contributed by atoms with Crippen molar-refractivity contribution in [2.24, 2.45) is 0 Å². The van der Waals surface area contributed by atoms with Gasteiger partial charge in [0, 0.05) is 27.0 Å². The van der Waals surface area contributed by atoms with Gasteiger partial charge >= 0.3 is 0 Å². The van der Waals surface area contributed by atoms with Crippen LogP contribution in [0.4, 0.5) is 0 Å². The average Bonchev–Trinajstić information content (AvgIpc) is 2.86. The first-order valence-corrected chi connectivity index (χ1v) is 7.96. The summed E-state index contributed by atoms with van der Waals surface area (Å²) in [7, 11) is 0. The van der Waals surface area contributed by atoms with E-state index in [4.69, 9.17) is 11.6 Å². The third kappa shape index (κ3) is 3.58.